The number of benzene rings is 3. The van der Waals surface area contributed by atoms with Crippen molar-refractivity contribution >= 4 is 33.5 Å². The lowest BCUT2D eigenvalue weighted by atomic mass is 9.75. The van der Waals surface area contributed by atoms with E-state index in [-0.39, 0.29) is 12.4 Å². The van der Waals surface area contributed by atoms with Crippen LogP contribution in [0, 0.1) is 13.8 Å². The smallest absolute Gasteiger partial charge is 0.308 e. The topological polar surface area (TPSA) is 107 Å². The van der Waals surface area contributed by atoms with Crippen molar-refractivity contribution in [2.75, 3.05) is 44.7 Å². The van der Waals surface area contributed by atoms with Crippen LogP contribution < -0.4 is 4.90 Å². The second kappa shape index (κ2) is 13.0. The van der Waals surface area contributed by atoms with Crippen molar-refractivity contribution in [3.63, 3.8) is 0 Å². The van der Waals surface area contributed by atoms with Crippen molar-refractivity contribution in [3.8, 4) is 0 Å². The van der Waals surface area contributed by atoms with Crippen LogP contribution in [0.25, 0.3) is 11.0 Å². The van der Waals surface area contributed by atoms with Gasteiger partial charge in [-0.15, -0.1) is 15.9 Å². The van der Waals surface area contributed by atoms with E-state index in [1.807, 2.05) is 49.6 Å². The van der Waals surface area contributed by atoms with E-state index < -0.39 is 16.3 Å². The first-order valence-electron chi connectivity index (χ1n) is 16.2. The number of hydrogen-bond donors (Lipinski definition) is 2. The number of rotatable bonds is 9. The molecule has 0 spiro atoms. The number of aryl methyl sites for hydroxylation is 3. The average molecular weight is 647 g/mol. The van der Waals surface area contributed by atoms with Crippen molar-refractivity contribution in [1.29, 1.82) is 0 Å². The van der Waals surface area contributed by atoms with Gasteiger partial charge in [-0.25, -0.2) is 4.68 Å². The van der Waals surface area contributed by atoms with E-state index in [0.717, 1.165) is 76.9 Å². The van der Waals surface area contributed by atoms with Gasteiger partial charge in [-0.2, -0.15) is 4.31 Å². The Morgan fingerprint density at radius 3 is 2.52 bits per heavy atom. The number of carbonyl (C=O) groups excluding carboxylic acids is 1. The summed E-state index contributed by atoms with van der Waals surface area (Å²) in [5.41, 5.74) is 6.81. The molecule has 0 bridgehead atoms. The Labute approximate surface area is 273 Å². The van der Waals surface area contributed by atoms with Crippen LogP contribution in [0.3, 0.4) is 0 Å². The Morgan fingerprint density at radius 2 is 1.76 bits per heavy atom. The van der Waals surface area contributed by atoms with Gasteiger partial charge in [0.25, 0.3) is 0 Å². The summed E-state index contributed by atoms with van der Waals surface area (Å²) in [6, 6.07) is 18.1. The molecule has 1 saturated heterocycles. The molecule has 0 aliphatic carbocycles. The van der Waals surface area contributed by atoms with Crippen LogP contribution in [-0.2, 0) is 28.7 Å². The van der Waals surface area contributed by atoms with Gasteiger partial charge in [-0.1, -0.05) is 48.5 Å². The van der Waals surface area contributed by atoms with Gasteiger partial charge in [-0.3, -0.25) is 18.8 Å². The number of nitrogens with zero attached hydrogens (tertiary/aromatic N) is 6. The predicted octanol–water partition coefficient (Wildman–Crippen LogP) is 6.24. The Balaban J connectivity index is 1.50. The average Bonchev–Trinajstić information content (AvgIpc) is 3.71. The maximum Gasteiger partial charge on any atom is 0.308 e. The zero-order valence-electron chi connectivity index (χ0n) is 27.6. The highest BCUT2D eigenvalue weighted by Crippen LogP contribution is 2.57. The second-order valence-electron chi connectivity index (χ2n) is 12.7. The number of carbonyl (C=O) groups is 1. The number of anilines is 1. The van der Waals surface area contributed by atoms with Crippen molar-refractivity contribution in [2.24, 2.45) is 7.05 Å². The van der Waals surface area contributed by atoms with E-state index in [1.54, 1.807) is 4.68 Å². The van der Waals surface area contributed by atoms with Gasteiger partial charge < -0.3 is 9.64 Å². The molecule has 46 heavy (non-hydrogen) atoms. The molecule has 3 aromatic carbocycles. The van der Waals surface area contributed by atoms with E-state index in [9.17, 15) is 13.9 Å². The fourth-order valence-corrected chi connectivity index (χ4v) is 8.88. The summed E-state index contributed by atoms with van der Waals surface area (Å²) >= 11 is 0. The normalized spacial score (nSPS) is 19.1. The van der Waals surface area contributed by atoms with Gasteiger partial charge in [0, 0.05) is 33.7 Å². The molecule has 4 aromatic rings. The lowest BCUT2D eigenvalue weighted by Gasteiger charge is -2.44. The molecule has 1 atom stereocenters. The maximum absolute atomic E-state index is 13.7. The second-order valence-corrected chi connectivity index (χ2v) is 14.7. The molecule has 0 radical (unpaired) electrons. The molecule has 1 aromatic heterocycles. The number of para-hydroxylation sites is 1. The SMILES string of the molecule is CCCOC(=O)CC(c1ccc(C)c(CN2CCN(C)c3ccccc3S2(O)O)c1)(c1ccc2c(nnn2C)c1C)N1CCCC1. The monoisotopic (exact) mass is 646 g/mol. The summed E-state index contributed by atoms with van der Waals surface area (Å²) in [7, 11) is 0.625. The van der Waals surface area contributed by atoms with Gasteiger partial charge in [0.15, 0.2) is 0 Å². The molecule has 10 nitrogen and oxygen atoms in total. The largest absolute Gasteiger partial charge is 0.466 e. The molecular weight excluding hydrogens is 600 g/mol. The summed E-state index contributed by atoms with van der Waals surface area (Å²) in [6.45, 7) is 9.70. The molecule has 0 saturated carbocycles. The number of likely N-dealkylation sites (tertiary alicyclic amines) is 1. The Hall–Kier alpha value is -3.48. The maximum atomic E-state index is 13.7. The molecule has 2 aliphatic heterocycles. The molecule has 6 rings (SSSR count). The van der Waals surface area contributed by atoms with Crippen LogP contribution in [0.5, 0.6) is 0 Å². The van der Waals surface area contributed by atoms with E-state index in [0.29, 0.717) is 31.1 Å². The van der Waals surface area contributed by atoms with Crippen molar-refractivity contribution in [1.82, 2.24) is 24.2 Å². The number of esters is 1. The van der Waals surface area contributed by atoms with Crippen LogP contribution in [0.15, 0.2) is 59.5 Å². The minimum Gasteiger partial charge on any atom is -0.466 e. The van der Waals surface area contributed by atoms with Crippen LogP contribution >= 0.6 is 10.8 Å². The van der Waals surface area contributed by atoms with Crippen molar-refractivity contribution in [3.05, 3.63) is 82.4 Å². The number of fused-ring (bicyclic) bond motifs is 2. The number of aromatic nitrogens is 3. The molecule has 1 fully saturated rings. The fraction of sp³-hybridized carbons (Fsp3) is 0.457. The molecule has 246 valence electrons. The van der Waals surface area contributed by atoms with E-state index in [2.05, 4.69) is 64.3 Å². The summed E-state index contributed by atoms with van der Waals surface area (Å²) in [4.78, 5) is 18.7. The van der Waals surface area contributed by atoms with E-state index >= 15 is 0 Å². The number of likely N-dealkylation sites (N-methyl/N-ethyl adjacent to an activating group) is 1. The summed E-state index contributed by atoms with van der Waals surface area (Å²) in [5, 5.41) is 8.81. The Morgan fingerprint density at radius 1 is 1.00 bits per heavy atom. The first-order valence-corrected chi connectivity index (χ1v) is 17.7. The highest BCUT2D eigenvalue weighted by Gasteiger charge is 2.45. The standard InChI is InChI=1S/C35H46N6O4S/c1-6-21-45-33(42)23-35(40-17-9-10-18-40,29-15-16-31-34(26(29)3)36-37-39(31)5)28-14-13-25(2)27(22-28)24-41-20-19-38(4)30-11-7-8-12-32(30)46(41,43)44/h7-8,11-16,22,43-44H,6,9-10,17-21,23-24H2,1-5H3. The predicted molar refractivity (Wildman–Crippen MR) is 183 cm³/mol. The third kappa shape index (κ3) is 5.68. The van der Waals surface area contributed by atoms with Gasteiger partial charge in [-0.05, 0) is 92.2 Å². The van der Waals surface area contributed by atoms with Gasteiger partial charge in [0.1, 0.15) is 5.52 Å². The highest BCUT2D eigenvalue weighted by molar-refractivity contribution is 8.22. The molecule has 2 aliphatic rings. The van der Waals surface area contributed by atoms with Crippen LogP contribution in [0.4, 0.5) is 5.69 Å². The van der Waals surface area contributed by atoms with Crippen LogP contribution in [-0.4, -0.2) is 79.1 Å². The lowest BCUT2D eigenvalue weighted by molar-refractivity contribution is -0.146. The summed E-state index contributed by atoms with van der Waals surface area (Å²) in [5.74, 6) is -0.240. The molecule has 0 amide bonds. The molecule has 2 N–H and O–H groups in total. The number of hydrogen-bond acceptors (Lipinski definition) is 9. The quantitative estimate of drug-likeness (QED) is 0.204. The zero-order chi connectivity index (χ0) is 32.6. The van der Waals surface area contributed by atoms with Gasteiger partial charge >= 0.3 is 5.97 Å². The van der Waals surface area contributed by atoms with E-state index in [4.69, 9.17) is 4.74 Å². The number of ether oxygens (including phenoxy) is 1. The Kier molecular flexibility index (Phi) is 9.15. The third-order valence-electron chi connectivity index (χ3n) is 9.79. The van der Waals surface area contributed by atoms with Crippen molar-refractivity contribution < 1.29 is 18.6 Å². The fourth-order valence-electron chi connectivity index (χ4n) is 7.18. The molecule has 3 heterocycles. The van der Waals surface area contributed by atoms with E-state index in [1.165, 1.54) is 0 Å². The minimum atomic E-state index is -3.25. The molecule has 11 heteroatoms. The first kappa shape index (κ1) is 32.5. The summed E-state index contributed by atoms with van der Waals surface area (Å²) in [6.07, 6.45) is 2.98. The minimum absolute atomic E-state index is 0.152. The zero-order valence-corrected chi connectivity index (χ0v) is 28.4. The molecular formula is C35H46N6O4S. The lowest BCUT2D eigenvalue weighted by Crippen LogP contribution is -2.48. The van der Waals surface area contributed by atoms with Crippen molar-refractivity contribution in [2.45, 2.75) is 63.4 Å². The van der Waals surface area contributed by atoms with Crippen LogP contribution in [0.1, 0.15) is 60.4 Å². The third-order valence-corrected chi connectivity index (χ3v) is 11.8. The molecule has 1 unspecified atom stereocenters. The van der Waals surface area contributed by atoms with Gasteiger partial charge in [0.2, 0.25) is 0 Å². The summed E-state index contributed by atoms with van der Waals surface area (Å²) < 4.78 is 32.8. The Bertz CT molecular complexity index is 1740. The highest BCUT2D eigenvalue weighted by atomic mass is 32.3. The van der Waals surface area contributed by atoms with Gasteiger partial charge in [0.05, 0.1) is 34.7 Å². The van der Waals surface area contributed by atoms with Crippen LogP contribution in [0.2, 0.25) is 0 Å². The first-order chi connectivity index (χ1) is 22.1.